The summed E-state index contributed by atoms with van der Waals surface area (Å²) in [6.45, 7) is 7.54. The van der Waals surface area contributed by atoms with Crippen LogP contribution < -0.4 is 0 Å². The van der Waals surface area contributed by atoms with Gasteiger partial charge in [-0.05, 0) is 44.6 Å². The second-order valence-corrected chi connectivity index (χ2v) is 4.99. The summed E-state index contributed by atoms with van der Waals surface area (Å²) < 4.78 is 0. The van der Waals surface area contributed by atoms with Crippen molar-refractivity contribution in [1.29, 1.82) is 0 Å². The molecular weight excluding hydrogens is 158 g/mol. The fourth-order valence-electron chi connectivity index (χ4n) is 2.88. The van der Waals surface area contributed by atoms with Crippen molar-refractivity contribution >= 4 is 0 Å². The zero-order valence-electron chi connectivity index (χ0n) is 9.13. The van der Waals surface area contributed by atoms with Gasteiger partial charge in [-0.2, -0.15) is 0 Å². The number of nitrogens with zero attached hydrogens (tertiary/aromatic N) is 1. The monoisotopic (exact) mass is 181 g/mol. The first-order valence-corrected chi connectivity index (χ1v) is 6.05. The Morgan fingerprint density at radius 1 is 1.23 bits per heavy atom. The molecule has 2 rings (SSSR count). The molecule has 2 atom stereocenters. The zero-order chi connectivity index (χ0) is 9.26. The van der Waals surface area contributed by atoms with E-state index in [2.05, 4.69) is 18.7 Å². The van der Waals surface area contributed by atoms with Crippen molar-refractivity contribution < 1.29 is 0 Å². The molecule has 1 aliphatic carbocycles. The van der Waals surface area contributed by atoms with Gasteiger partial charge in [-0.3, -0.25) is 0 Å². The average Bonchev–Trinajstić information content (AvgIpc) is 2.40. The average molecular weight is 181 g/mol. The summed E-state index contributed by atoms with van der Waals surface area (Å²) >= 11 is 0. The van der Waals surface area contributed by atoms with Crippen LogP contribution in [0.15, 0.2) is 0 Å². The van der Waals surface area contributed by atoms with Gasteiger partial charge in [0.15, 0.2) is 0 Å². The topological polar surface area (TPSA) is 3.24 Å². The number of likely N-dealkylation sites (tertiary alicyclic amines) is 1. The lowest BCUT2D eigenvalue weighted by Crippen LogP contribution is -2.36. The van der Waals surface area contributed by atoms with E-state index in [4.69, 9.17) is 0 Å². The predicted molar refractivity (Wildman–Crippen MR) is 56.8 cm³/mol. The van der Waals surface area contributed by atoms with Crippen LogP contribution in [-0.2, 0) is 0 Å². The summed E-state index contributed by atoms with van der Waals surface area (Å²) in [5.74, 6) is 2.04. The highest BCUT2D eigenvalue weighted by Crippen LogP contribution is 2.32. The van der Waals surface area contributed by atoms with Crippen LogP contribution in [0.4, 0.5) is 0 Å². The molecule has 13 heavy (non-hydrogen) atoms. The van der Waals surface area contributed by atoms with Crippen molar-refractivity contribution in [2.75, 3.05) is 13.1 Å². The van der Waals surface area contributed by atoms with Gasteiger partial charge in [-0.25, -0.2) is 0 Å². The van der Waals surface area contributed by atoms with Crippen LogP contribution in [-0.4, -0.2) is 24.0 Å². The highest BCUT2D eigenvalue weighted by Gasteiger charge is 2.31. The molecule has 1 nitrogen and oxygen atoms in total. The maximum Gasteiger partial charge on any atom is 0.00956 e. The summed E-state index contributed by atoms with van der Waals surface area (Å²) in [6.07, 6.45) is 7.32. The minimum absolute atomic E-state index is 0.866. The molecule has 76 valence electrons. The molecule has 0 aromatic heterocycles. The maximum absolute atomic E-state index is 2.73. The second kappa shape index (κ2) is 4.00. The molecule has 0 N–H and O–H groups in total. The number of rotatable bonds is 3. The van der Waals surface area contributed by atoms with Crippen LogP contribution >= 0.6 is 0 Å². The standard InChI is InChI=1S/C12H23N/c1-3-12-7-8-13(10(12)2)9-11-5-4-6-11/h10-12H,3-9H2,1-2H3. The van der Waals surface area contributed by atoms with Gasteiger partial charge >= 0.3 is 0 Å². The first kappa shape index (κ1) is 9.51. The van der Waals surface area contributed by atoms with Gasteiger partial charge < -0.3 is 4.90 Å². The largest absolute Gasteiger partial charge is 0.300 e. The van der Waals surface area contributed by atoms with Crippen molar-refractivity contribution in [3.63, 3.8) is 0 Å². The van der Waals surface area contributed by atoms with Crippen molar-refractivity contribution in [3.05, 3.63) is 0 Å². The van der Waals surface area contributed by atoms with Gasteiger partial charge in [0.1, 0.15) is 0 Å². The van der Waals surface area contributed by atoms with E-state index in [0.29, 0.717) is 0 Å². The van der Waals surface area contributed by atoms with Gasteiger partial charge in [0, 0.05) is 12.6 Å². The summed E-state index contributed by atoms with van der Waals surface area (Å²) in [6, 6.07) is 0.866. The minimum Gasteiger partial charge on any atom is -0.300 e. The molecule has 1 aliphatic heterocycles. The molecule has 1 saturated heterocycles. The van der Waals surface area contributed by atoms with E-state index in [1.807, 2.05) is 0 Å². The first-order chi connectivity index (χ1) is 6.31. The molecule has 2 fully saturated rings. The van der Waals surface area contributed by atoms with Crippen molar-refractivity contribution in [3.8, 4) is 0 Å². The predicted octanol–water partition coefficient (Wildman–Crippen LogP) is 2.91. The Morgan fingerprint density at radius 3 is 2.46 bits per heavy atom. The summed E-state index contributed by atoms with van der Waals surface area (Å²) in [5.41, 5.74) is 0. The normalized spacial score (nSPS) is 36.5. The molecule has 1 heterocycles. The first-order valence-electron chi connectivity index (χ1n) is 6.05. The quantitative estimate of drug-likeness (QED) is 0.647. The molecule has 0 bridgehead atoms. The molecule has 0 aromatic carbocycles. The van der Waals surface area contributed by atoms with Crippen molar-refractivity contribution in [2.24, 2.45) is 11.8 Å². The number of hydrogen-bond donors (Lipinski definition) is 0. The Hall–Kier alpha value is -0.0400. The van der Waals surface area contributed by atoms with Crippen LogP contribution in [0.1, 0.15) is 46.0 Å². The molecule has 2 aliphatic rings. The van der Waals surface area contributed by atoms with Crippen LogP contribution in [0, 0.1) is 11.8 Å². The van der Waals surface area contributed by atoms with Crippen molar-refractivity contribution in [1.82, 2.24) is 4.90 Å². The fourth-order valence-corrected chi connectivity index (χ4v) is 2.88. The Balaban J connectivity index is 1.79. The van der Waals surface area contributed by atoms with Gasteiger partial charge in [0.25, 0.3) is 0 Å². The lowest BCUT2D eigenvalue weighted by Gasteiger charge is -2.33. The van der Waals surface area contributed by atoms with Crippen molar-refractivity contribution in [2.45, 2.75) is 52.0 Å². The highest BCUT2D eigenvalue weighted by atomic mass is 15.2. The summed E-state index contributed by atoms with van der Waals surface area (Å²) in [5, 5.41) is 0. The Labute approximate surface area is 82.5 Å². The fraction of sp³-hybridized carbons (Fsp3) is 1.00. The smallest absolute Gasteiger partial charge is 0.00956 e. The van der Waals surface area contributed by atoms with Gasteiger partial charge in [0.2, 0.25) is 0 Å². The summed E-state index contributed by atoms with van der Waals surface area (Å²) in [4.78, 5) is 2.73. The third-order valence-electron chi connectivity index (χ3n) is 4.29. The van der Waals surface area contributed by atoms with Crippen LogP contribution in [0.3, 0.4) is 0 Å². The van der Waals surface area contributed by atoms with E-state index in [1.54, 1.807) is 0 Å². The van der Waals surface area contributed by atoms with Crippen LogP contribution in [0.25, 0.3) is 0 Å². The SMILES string of the molecule is CCC1CCN(CC2CCC2)C1C. The summed E-state index contributed by atoms with van der Waals surface area (Å²) in [7, 11) is 0. The molecule has 0 spiro atoms. The van der Waals surface area contributed by atoms with E-state index >= 15 is 0 Å². The molecule has 1 heteroatoms. The molecule has 2 unspecified atom stereocenters. The van der Waals surface area contributed by atoms with Gasteiger partial charge in [-0.1, -0.05) is 19.8 Å². The Kier molecular flexibility index (Phi) is 2.92. The van der Waals surface area contributed by atoms with Crippen LogP contribution in [0.5, 0.6) is 0 Å². The Morgan fingerprint density at radius 2 is 2.00 bits per heavy atom. The van der Waals surface area contributed by atoms with E-state index < -0.39 is 0 Å². The van der Waals surface area contributed by atoms with E-state index in [-0.39, 0.29) is 0 Å². The van der Waals surface area contributed by atoms with Crippen LogP contribution in [0.2, 0.25) is 0 Å². The highest BCUT2D eigenvalue weighted by molar-refractivity contribution is 4.85. The molecule has 0 radical (unpaired) electrons. The van der Waals surface area contributed by atoms with E-state index in [0.717, 1.165) is 17.9 Å². The second-order valence-electron chi connectivity index (χ2n) is 4.99. The van der Waals surface area contributed by atoms with E-state index in [1.165, 1.54) is 45.2 Å². The third kappa shape index (κ3) is 1.90. The third-order valence-corrected chi connectivity index (χ3v) is 4.29. The molecular formula is C12H23N. The minimum atomic E-state index is 0.866. The number of hydrogen-bond acceptors (Lipinski definition) is 1. The molecule has 1 saturated carbocycles. The van der Waals surface area contributed by atoms with E-state index in [9.17, 15) is 0 Å². The lowest BCUT2D eigenvalue weighted by atomic mass is 9.85. The maximum atomic E-state index is 2.73. The lowest BCUT2D eigenvalue weighted by molar-refractivity contribution is 0.161. The van der Waals surface area contributed by atoms with Gasteiger partial charge in [0.05, 0.1) is 0 Å². The zero-order valence-corrected chi connectivity index (χ0v) is 9.13. The Bertz CT molecular complexity index is 163. The van der Waals surface area contributed by atoms with Gasteiger partial charge in [-0.15, -0.1) is 0 Å². The molecule has 0 amide bonds. The molecule has 0 aromatic rings.